The number of aromatic hydroxyl groups is 1. The predicted molar refractivity (Wildman–Crippen MR) is 128 cm³/mol. The fourth-order valence-electron chi connectivity index (χ4n) is 3.64. The summed E-state index contributed by atoms with van der Waals surface area (Å²) in [6.45, 7) is 12.7. The third kappa shape index (κ3) is 10.4. The van der Waals surface area contributed by atoms with E-state index in [-0.39, 0.29) is 47.5 Å². The van der Waals surface area contributed by atoms with Gasteiger partial charge in [-0.3, -0.25) is 14.4 Å². The highest BCUT2D eigenvalue weighted by atomic mass is 16.3. The number of benzene rings is 1. The highest BCUT2D eigenvalue weighted by Crippen LogP contribution is 2.23. The fourth-order valence-corrected chi connectivity index (χ4v) is 3.64. The average molecular weight is 447 g/mol. The molecule has 0 aromatic heterocycles. The summed E-state index contributed by atoms with van der Waals surface area (Å²) in [6.07, 6.45) is 2.22. The molecule has 32 heavy (non-hydrogen) atoms. The van der Waals surface area contributed by atoms with Crippen molar-refractivity contribution in [3.05, 3.63) is 29.8 Å². The van der Waals surface area contributed by atoms with Gasteiger partial charge in [-0.05, 0) is 55.2 Å². The Kier molecular flexibility index (Phi) is 11.1. The predicted octanol–water partition coefficient (Wildman–Crippen LogP) is 4.13. The van der Waals surface area contributed by atoms with Crippen LogP contribution in [0.25, 0.3) is 0 Å². The Morgan fingerprint density at radius 2 is 1.69 bits per heavy atom. The van der Waals surface area contributed by atoms with E-state index in [0.717, 1.165) is 12.0 Å². The number of hydrogen-bond donors (Lipinski definition) is 2. The fraction of sp³-hybridized carbons (Fsp3) is 0.654. The highest BCUT2D eigenvalue weighted by molar-refractivity contribution is 5.91. The van der Waals surface area contributed by atoms with E-state index in [1.165, 1.54) is 0 Å². The van der Waals surface area contributed by atoms with Crippen LogP contribution in [-0.4, -0.2) is 46.6 Å². The molecule has 0 unspecified atom stereocenters. The van der Waals surface area contributed by atoms with Crippen molar-refractivity contribution in [3.63, 3.8) is 0 Å². The van der Waals surface area contributed by atoms with Crippen LogP contribution >= 0.6 is 0 Å². The standard InChI is InChI=1S/C26H42N2O4/c1-7-28(17-22(30)12-13-26(4,5)6)25(32)20(14-18(2)3)16-24(31)23(27)15-19-8-10-21(29)11-9-19/h8-11,18,20,23,29H,7,12-17,27H2,1-6H3/t20-,23-/m0/s1. The smallest absolute Gasteiger partial charge is 0.226 e. The van der Waals surface area contributed by atoms with E-state index in [0.29, 0.717) is 25.8 Å². The Hall–Kier alpha value is -2.21. The number of amides is 1. The van der Waals surface area contributed by atoms with E-state index in [4.69, 9.17) is 5.73 Å². The lowest BCUT2D eigenvalue weighted by Crippen LogP contribution is -2.42. The molecule has 0 saturated carbocycles. The van der Waals surface area contributed by atoms with Crippen molar-refractivity contribution in [2.75, 3.05) is 13.1 Å². The number of likely N-dealkylation sites (N-methyl/N-ethyl adjacent to an activating group) is 1. The zero-order chi connectivity index (χ0) is 24.5. The van der Waals surface area contributed by atoms with Crippen molar-refractivity contribution < 1.29 is 19.5 Å². The number of hydrogen-bond acceptors (Lipinski definition) is 5. The molecular weight excluding hydrogens is 404 g/mol. The molecule has 0 saturated heterocycles. The van der Waals surface area contributed by atoms with E-state index in [9.17, 15) is 19.5 Å². The van der Waals surface area contributed by atoms with Gasteiger partial charge in [0, 0.05) is 25.3 Å². The molecule has 0 bridgehead atoms. The van der Waals surface area contributed by atoms with Crippen LogP contribution in [0.4, 0.5) is 0 Å². The highest BCUT2D eigenvalue weighted by Gasteiger charge is 2.29. The average Bonchev–Trinajstić information content (AvgIpc) is 2.70. The third-order valence-electron chi connectivity index (χ3n) is 5.57. The number of carbonyl (C=O) groups excluding carboxylic acids is 3. The van der Waals surface area contributed by atoms with Gasteiger partial charge in [0.25, 0.3) is 0 Å². The number of carbonyl (C=O) groups is 3. The van der Waals surface area contributed by atoms with Crippen molar-refractivity contribution in [2.45, 2.75) is 79.7 Å². The number of ketones is 2. The second-order valence-corrected chi connectivity index (χ2v) is 10.4. The third-order valence-corrected chi connectivity index (χ3v) is 5.57. The van der Waals surface area contributed by atoms with Gasteiger partial charge >= 0.3 is 0 Å². The summed E-state index contributed by atoms with van der Waals surface area (Å²) >= 11 is 0. The summed E-state index contributed by atoms with van der Waals surface area (Å²) in [4.78, 5) is 40.1. The van der Waals surface area contributed by atoms with Gasteiger partial charge in [0.15, 0.2) is 11.6 Å². The first-order valence-corrected chi connectivity index (χ1v) is 11.7. The van der Waals surface area contributed by atoms with E-state index < -0.39 is 12.0 Å². The molecule has 0 aliphatic rings. The van der Waals surface area contributed by atoms with Gasteiger partial charge < -0.3 is 15.7 Å². The molecule has 0 spiro atoms. The lowest BCUT2D eigenvalue weighted by molar-refractivity contribution is -0.141. The Bertz CT molecular complexity index is 750. The summed E-state index contributed by atoms with van der Waals surface area (Å²) in [6, 6.07) is 5.88. The molecule has 6 heteroatoms. The van der Waals surface area contributed by atoms with Gasteiger partial charge in [-0.2, -0.15) is 0 Å². The first-order chi connectivity index (χ1) is 14.8. The SMILES string of the molecule is CCN(CC(=O)CCC(C)(C)C)C(=O)[C@H](CC(=O)[C@@H](N)Cc1ccc(O)cc1)CC(C)C. The normalized spacial score (nSPS) is 13.6. The molecule has 0 heterocycles. The van der Waals surface area contributed by atoms with Gasteiger partial charge in [0.2, 0.25) is 5.91 Å². The second kappa shape index (κ2) is 12.7. The summed E-state index contributed by atoms with van der Waals surface area (Å²) in [5.41, 5.74) is 7.07. The van der Waals surface area contributed by atoms with Crippen molar-refractivity contribution >= 4 is 17.5 Å². The van der Waals surface area contributed by atoms with E-state index in [1.807, 2.05) is 20.8 Å². The first kappa shape index (κ1) is 27.8. The molecule has 1 aromatic carbocycles. The number of phenolic OH excluding ortho intramolecular Hbond substituents is 1. The maximum absolute atomic E-state index is 13.3. The number of nitrogens with zero attached hydrogens (tertiary/aromatic N) is 1. The molecule has 0 radical (unpaired) electrons. The van der Waals surface area contributed by atoms with Gasteiger partial charge in [-0.25, -0.2) is 0 Å². The molecule has 3 N–H and O–H groups in total. The van der Waals surface area contributed by atoms with Crippen LogP contribution in [0.1, 0.15) is 72.8 Å². The minimum Gasteiger partial charge on any atom is -0.508 e. The molecule has 1 amide bonds. The molecular formula is C26H42N2O4. The Morgan fingerprint density at radius 3 is 2.19 bits per heavy atom. The van der Waals surface area contributed by atoms with Crippen LogP contribution in [0.5, 0.6) is 5.75 Å². The molecule has 0 aliphatic heterocycles. The topological polar surface area (TPSA) is 101 Å². The number of nitrogens with two attached hydrogens (primary N) is 1. The van der Waals surface area contributed by atoms with E-state index in [2.05, 4.69) is 20.8 Å². The van der Waals surface area contributed by atoms with Crippen LogP contribution in [0.3, 0.4) is 0 Å². The lowest BCUT2D eigenvalue weighted by atomic mass is 9.88. The summed E-state index contributed by atoms with van der Waals surface area (Å²) < 4.78 is 0. The van der Waals surface area contributed by atoms with Gasteiger partial charge in [-0.15, -0.1) is 0 Å². The Labute approximate surface area is 193 Å². The summed E-state index contributed by atoms with van der Waals surface area (Å²) in [7, 11) is 0. The van der Waals surface area contributed by atoms with Crippen molar-refractivity contribution in [1.82, 2.24) is 4.90 Å². The lowest BCUT2D eigenvalue weighted by Gasteiger charge is -2.27. The number of Topliss-reactive ketones (excluding diaryl/α,β-unsaturated/α-hetero) is 2. The summed E-state index contributed by atoms with van der Waals surface area (Å²) in [5, 5.41) is 9.41. The Balaban J connectivity index is 2.80. The quantitative estimate of drug-likeness (QED) is 0.474. The minimum atomic E-state index is -0.717. The molecule has 1 aromatic rings. The van der Waals surface area contributed by atoms with Crippen LogP contribution < -0.4 is 5.73 Å². The van der Waals surface area contributed by atoms with Crippen molar-refractivity contribution in [1.29, 1.82) is 0 Å². The van der Waals surface area contributed by atoms with E-state index in [1.54, 1.807) is 29.2 Å². The van der Waals surface area contributed by atoms with E-state index >= 15 is 0 Å². The zero-order valence-electron chi connectivity index (χ0n) is 20.7. The van der Waals surface area contributed by atoms with Crippen molar-refractivity contribution in [3.8, 4) is 5.75 Å². The molecule has 0 fully saturated rings. The van der Waals surface area contributed by atoms with Crippen LogP contribution in [0.2, 0.25) is 0 Å². The summed E-state index contributed by atoms with van der Waals surface area (Å²) in [5.74, 6) is -0.339. The molecule has 180 valence electrons. The van der Waals surface area contributed by atoms with Gasteiger partial charge in [-0.1, -0.05) is 46.8 Å². The second-order valence-electron chi connectivity index (χ2n) is 10.4. The zero-order valence-corrected chi connectivity index (χ0v) is 20.7. The van der Waals surface area contributed by atoms with Gasteiger partial charge in [0.05, 0.1) is 12.6 Å². The maximum atomic E-state index is 13.3. The molecule has 2 atom stereocenters. The Morgan fingerprint density at radius 1 is 1.09 bits per heavy atom. The number of phenols is 1. The van der Waals surface area contributed by atoms with Crippen LogP contribution in [0, 0.1) is 17.3 Å². The van der Waals surface area contributed by atoms with Crippen molar-refractivity contribution in [2.24, 2.45) is 23.0 Å². The van der Waals surface area contributed by atoms with Gasteiger partial charge in [0.1, 0.15) is 5.75 Å². The maximum Gasteiger partial charge on any atom is 0.226 e. The van der Waals surface area contributed by atoms with Crippen LogP contribution in [-0.2, 0) is 20.8 Å². The van der Waals surface area contributed by atoms with Crippen LogP contribution in [0.15, 0.2) is 24.3 Å². The largest absolute Gasteiger partial charge is 0.508 e. The molecule has 1 rings (SSSR count). The molecule has 0 aliphatic carbocycles. The first-order valence-electron chi connectivity index (χ1n) is 11.7. The minimum absolute atomic E-state index is 0.0498. The monoisotopic (exact) mass is 446 g/mol. The molecule has 6 nitrogen and oxygen atoms in total. The number of rotatable bonds is 13.